The van der Waals surface area contributed by atoms with Gasteiger partial charge in [-0.3, -0.25) is 4.79 Å². The first-order valence-corrected chi connectivity index (χ1v) is 5.89. The zero-order valence-corrected chi connectivity index (χ0v) is 10.0. The van der Waals surface area contributed by atoms with E-state index in [1.54, 1.807) is 23.2 Å². The lowest BCUT2D eigenvalue weighted by atomic mass is 9.99. The van der Waals surface area contributed by atoms with Gasteiger partial charge in [-0.25, -0.2) is 9.40 Å². The molecule has 0 aliphatic carbocycles. The van der Waals surface area contributed by atoms with Crippen molar-refractivity contribution in [2.24, 2.45) is 5.73 Å². The second kappa shape index (κ2) is 4.07. The van der Waals surface area contributed by atoms with Crippen LogP contribution in [0.4, 0.5) is 4.39 Å². The summed E-state index contributed by atoms with van der Waals surface area (Å²) in [6, 6.07) is 7.60. The van der Waals surface area contributed by atoms with Gasteiger partial charge in [-0.05, 0) is 6.07 Å². The van der Waals surface area contributed by atoms with Gasteiger partial charge in [0.15, 0.2) is 0 Å². The summed E-state index contributed by atoms with van der Waals surface area (Å²) in [6.45, 7) is 0.434. The van der Waals surface area contributed by atoms with Crippen LogP contribution in [0.3, 0.4) is 0 Å². The Morgan fingerprint density at radius 3 is 2.84 bits per heavy atom. The molecule has 0 unspecified atom stereocenters. The van der Waals surface area contributed by atoms with Gasteiger partial charge >= 0.3 is 0 Å². The number of benzene rings is 1. The van der Waals surface area contributed by atoms with Crippen LogP contribution in [0.1, 0.15) is 18.0 Å². The number of halogens is 1. The second-order valence-corrected chi connectivity index (χ2v) is 4.45. The molecule has 1 aromatic rings. The Kier molecular flexibility index (Phi) is 2.50. The molecular formula is C13H11FN4O. The number of hydrogen-bond acceptors (Lipinski definition) is 4. The lowest BCUT2D eigenvalue weighted by Crippen LogP contribution is -2.37. The van der Waals surface area contributed by atoms with Crippen LogP contribution >= 0.6 is 0 Å². The fourth-order valence-electron chi connectivity index (χ4n) is 2.61. The summed E-state index contributed by atoms with van der Waals surface area (Å²) in [5, 5.41) is 12.2. The molecule has 2 aliphatic heterocycles. The van der Waals surface area contributed by atoms with E-state index in [-0.39, 0.29) is 17.3 Å². The van der Waals surface area contributed by atoms with Gasteiger partial charge in [0.1, 0.15) is 17.7 Å². The predicted octanol–water partition coefficient (Wildman–Crippen LogP) is 1.02. The second-order valence-electron chi connectivity index (χ2n) is 4.45. The topological polar surface area (TPSA) is 73.4 Å². The van der Waals surface area contributed by atoms with E-state index in [4.69, 9.17) is 5.73 Å². The number of carbonyl (C=O) groups excluding carboxylic acids is 1. The van der Waals surface area contributed by atoms with Crippen LogP contribution in [-0.4, -0.2) is 22.5 Å². The van der Waals surface area contributed by atoms with Gasteiger partial charge in [-0.1, -0.05) is 18.2 Å². The smallest absolute Gasteiger partial charge is 0.244 e. The number of carbonyl (C=O) groups is 1. The van der Waals surface area contributed by atoms with Gasteiger partial charge < -0.3 is 5.73 Å². The summed E-state index contributed by atoms with van der Waals surface area (Å²) < 4.78 is 13.9. The van der Waals surface area contributed by atoms with Crippen molar-refractivity contribution in [3.8, 4) is 6.07 Å². The van der Waals surface area contributed by atoms with E-state index in [0.29, 0.717) is 18.5 Å². The van der Waals surface area contributed by atoms with Crippen molar-refractivity contribution >= 4 is 5.91 Å². The Hall–Kier alpha value is -2.39. The van der Waals surface area contributed by atoms with E-state index in [2.05, 4.69) is 0 Å². The zero-order chi connectivity index (χ0) is 13.6. The Morgan fingerprint density at radius 1 is 1.42 bits per heavy atom. The summed E-state index contributed by atoms with van der Waals surface area (Å²) in [5.41, 5.74) is 6.42. The van der Waals surface area contributed by atoms with Crippen molar-refractivity contribution in [1.82, 2.24) is 10.0 Å². The summed E-state index contributed by atoms with van der Waals surface area (Å²) in [4.78, 5) is 11.8. The van der Waals surface area contributed by atoms with E-state index >= 15 is 0 Å². The van der Waals surface area contributed by atoms with Crippen LogP contribution < -0.4 is 5.73 Å². The van der Waals surface area contributed by atoms with E-state index in [9.17, 15) is 14.4 Å². The highest BCUT2D eigenvalue weighted by Crippen LogP contribution is 2.41. The molecule has 1 fully saturated rings. The third kappa shape index (κ3) is 1.52. The highest BCUT2D eigenvalue weighted by molar-refractivity contribution is 5.81. The standard InChI is InChI=1S/C13H11FN4O/c14-10-4-2-1-3-8(10)12-9(7-15)13(16)18-11(19)5-6-17(12)18/h1-4,12H,5-6,16H2/t12-/m1/s1. The molecule has 0 spiro atoms. The maximum absolute atomic E-state index is 13.9. The lowest BCUT2D eigenvalue weighted by molar-refractivity contribution is -0.133. The third-order valence-corrected chi connectivity index (χ3v) is 3.44. The molecular weight excluding hydrogens is 247 g/mol. The molecule has 1 saturated heterocycles. The van der Waals surface area contributed by atoms with Crippen molar-refractivity contribution in [3.63, 3.8) is 0 Å². The van der Waals surface area contributed by atoms with Crippen LogP contribution in [-0.2, 0) is 4.79 Å². The molecule has 96 valence electrons. The van der Waals surface area contributed by atoms with Gasteiger partial charge in [0.25, 0.3) is 0 Å². The quantitative estimate of drug-likeness (QED) is 0.816. The number of nitrogens with zero attached hydrogens (tertiary/aromatic N) is 3. The average Bonchev–Trinajstić information content (AvgIpc) is 2.90. The van der Waals surface area contributed by atoms with Crippen molar-refractivity contribution < 1.29 is 9.18 Å². The van der Waals surface area contributed by atoms with Crippen molar-refractivity contribution in [1.29, 1.82) is 5.26 Å². The summed E-state index contributed by atoms with van der Waals surface area (Å²) in [7, 11) is 0. The number of fused-ring (bicyclic) bond motifs is 1. The number of amides is 1. The van der Waals surface area contributed by atoms with Gasteiger partial charge in [-0.2, -0.15) is 10.3 Å². The maximum Gasteiger partial charge on any atom is 0.244 e. The first-order valence-electron chi connectivity index (χ1n) is 5.89. The van der Waals surface area contributed by atoms with E-state index < -0.39 is 11.9 Å². The summed E-state index contributed by atoms with van der Waals surface area (Å²) >= 11 is 0. The molecule has 2 N–H and O–H groups in total. The highest BCUT2D eigenvalue weighted by Gasteiger charge is 2.46. The molecule has 1 aromatic carbocycles. The fourth-order valence-corrected chi connectivity index (χ4v) is 2.61. The molecule has 2 aliphatic rings. The van der Waals surface area contributed by atoms with Gasteiger partial charge in [0.05, 0.1) is 11.6 Å². The Bertz CT molecular complexity index is 634. The Balaban J connectivity index is 2.14. The van der Waals surface area contributed by atoms with Crippen LogP contribution in [0.5, 0.6) is 0 Å². The molecule has 0 aromatic heterocycles. The van der Waals surface area contributed by atoms with Gasteiger partial charge in [0.2, 0.25) is 5.91 Å². The minimum absolute atomic E-state index is 0.109. The number of hydrogen-bond donors (Lipinski definition) is 1. The minimum atomic E-state index is -0.613. The fraction of sp³-hybridized carbons (Fsp3) is 0.231. The van der Waals surface area contributed by atoms with Crippen LogP contribution in [0.15, 0.2) is 35.7 Å². The molecule has 0 bridgehead atoms. The number of hydrazine groups is 1. The maximum atomic E-state index is 13.9. The monoisotopic (exact) mass is 258 g/mol. The summed E-state index contributed by atoms with van der Waals surface area (Å²) in [6.07, 6.45) is 0.324. The molecule has 2 heterocycles. The first-order chi connectivity index (χ1) is 9.15. The zero-order valence-electron chi connectivity index (χ0n) is 10.0. The highest BCUT2D eigenvalue weighted by atomic mass is 19.1. The molecule has 1 atom stereocenters. The molecule has 6 heteroatoms. The van der Waals surface area contributed by atoms with Crippen LogP contribution in [0, 0.1) is 17.1 Å². The van der Waals surface area contributed by atoms with Crippen LogP contribution in [0.25, 0.3) is 0 Å². The lowest BCUT2D eigenvalue weighted by Gasteiger charge is -2.26. The Labute approximate surface area is 109 Å². The molecule has 3 rings (SSSR count). The number of nitriles is 1. The van der Waals surface area contributed by atoms with Crippen molar-refractivity contribution in [2.75, 3.05) is 6.54 Å². The van der Waals surface area contributed by atoms with E-state index in [0.717, 1.165) is 0 Å². The normalized spacial score (nSPS) is 22.8. The largest absolute Gasteiger partial charge is 0.383 e. The summed E-state index contributed by atoms with van der Waals surface area (Å²) in [5.74, 6) is -0.461. The van der Waals surface area contributed by atoms with Gasteiger partial charge in [-0.15, -0.1) is 0 Å². The molecule has 1 amide bonds. The van der Waals surface area contributed by atoms with E-state index in [1.165, 1.54) is 11.1 Å². The SMILES string of the molecule is N#CC1=C(N)N2C(=O)CCN2[C@@H]1c1ccccc1F. The predicted molar refractivity (Wildman–Crippen MR) is 64.1 cm³/mol. The number of nitrogens with two attached hydrogens (primary N) is 1. The van der Waals surface area contributed by atoms with Crippen molar-refractivity contribution in [2.45, 2.75) is 12.5 Å². The Morgan fingerprint density at radius 2 is 2.16 bits per heavy atom. The number of rotatable bonds is 1. The van der Waals surface area contributed by atoms with Crippen LogP contribution in [0.2, 0.25) is 0 Å². The minimum Gasteiger partial charge on any atom is -0.383 e. The molecule has 19 heavy (non-hydrogen) atoms. The van der Waals surface area contributed by atoms with Gasteiger partial charge in [0, 0.05) is 18.5 Å². The average molecular weight is 258 g/mol. The molecule has 0 radical (unpaired) electrons. The van der Waals surface area contributed by atoms with Crippen molar-refractivity contribution in [3.05, 3.63) is 47.0 Å². The molecule has 0 saturated carbocycles. The third-order valence-electron chi connectivity index (χ3n) is 3.44. The first kappa shape index (κ1) is 11.7. The van der Waals surface area contributed by atoms with E-state index in [1.807, 2.05) is 6.07 Å². The molecule has 5 nitrogen and oxygen atoms in total.